The number of sulfonamides is 1. The second-order valence-electron chi connectivity index (χ2n) is 7.11. The molecular weight excluding hydrogens is 338 g/mol. The molecule has 0 bridgehead atoms. The smallest absolute Gasteiger partial charge is 0.243 e. The summed E-state index contributed by atoms with van der Waals surface area (Å²) in [5, 5.41) is 10.4. The summed E-state index contributed by atoms with van der Waals surface area (Å²) in [5.74, 6) is 0.0397. The number of hydrogen-bond acceptors (Lipinski definition) is 4. The van der Waals surface area contributed by atoms with Gasteiger partial charge in [0.05, 0.1) is 17.5 Å². The third-order valence-electron chi connectivity index (χ3n) is 4.93. The van der Waals surface area contributed by atoms with Gasteiger partial charge in [0.2, 0.25) is 10.0 Å². The van der Waals surface area contributed by atoms with Crippen molar-refractivity contribution < 1.29 is 18.3 Å². The Bertz CT molecular complexity index is 663. The molecule has 0 heterocycles. The lowest BCUT2D eigenvalue weighted by atomic mass is 9.84. The molecule has 25 heavy (non-hydrogen) atoms. The van der Waals surface area contributed by atoms with Crippen molar-refractivity contribution in [1.82, 2.24) is 4.31 Å². The first kappa shape index (κ1) is 20.1. The average Bonchev–Trinajstić information content (AvgIpc) is 2.59. The van der Waals surface area contributed by atoms with Crippen LogP contribution in [0, 0.1) is 12.8 Å². The minimum Gasteiger partial charge on any atom is -0.393 e. The first-order valence-corrected chi connectivity index (χ1v) is 10.5. The summed E-state index contributed by atoms with van der Waals surface area (Å²) in [6.45, 7) is 3.28. The Labute approximate surface area is 151 Å². The van der Waals surface area contributed by atoms with E-state index in [4.69, 9.17) is 0 Å². The van der Waals surface area contributed by atoms with E-state index in [0.29, 0.717) is 6.42 Å². The quantitative estimate of drug-likeness (QED) is 0.767. The van der Waals surface area contributed by atoms with Crippen LogP contribution in [0.5, 0.6) is 0 Å². The van der Waals surface area contributed by atoms with Gasteiger partial charge in [-0.2, -0.15) is 4.31 Å². The third kappa shape index (κ3) is 5.62. The number of Topliss-reactive ketones (excluding diaryl/α,β-unsaturated/α-hetero) is 1. The van der Waals surface area contributed by atoms with Crippen molar-refractivity contribution >= 4 is 15.8 Å². The zero-order valence-corrected chi connectivity index (χ0v) is 16.0. The summed E-state index contributed by atoms with van der Waals surface area (Å²) in [5.41, 5.74) is 0.977. The van der Waals surface area contributed by atoms with E-state index in [1.165, 1.54) is 17.6 Å². The van der Waals surface area contributed by atoms with E-state index in [-0.39, 0.29) is 29.7 Å². The molecule has 1 unspecified atom stereocenters. The van der Waals surface area contributed by atoms with E-state index in [9.17, 15) is 18.3 Å². The molecule has 1 atom stereocenters. The van der Waals surface area contributed by atoms with E-state index in [0.717, 1.165) is 31.2 Å². The molecule has 5 nitrogen and oxygen atoms in total. The van der Waals surface area contributed by atoms with Crippen molar-refractivity contribution in [2.75, 3.05) is 13.1 Å². The molecule has 0 aromatic heterocycles. The number of nitrogens with zero attached hydrogens (tertiary/aromatic N) is 1. The minimum atomic E-state index is -3.74. The fraction of sp³-hybridized carbons (Fsp3) is 0.632. The number of rotatable bonds is 8. The molecule has 1 N–H and O–H groups in total. The highest BCUT2D eigenvalue weighted by atomic mass is 32.2. The molecular formula is C19H29NO4S. The number of ketones is 1. The molecule has 1 saturated carbocycles. The molecule has 0 aliphatic heterocycles. The first-order valence-electron chi connectivity index (χ1n) is 9.05. The summed E-state index contributed by atoms with van der Waals surface area (Å²) in [4.78, 5) is 11.8. The van der Waals surface area contributed by atoms with Gasteiger partial charge in [-0.3, -0.25) is 4.79 Å². The molecule has 1 aliphatic rings. The molecule has 140 valence electrons. The van der Waals surface area contributed by atoms with Gasteiger partial charge >= 0.3 is 0 Å². The maximum Gasteiger partial charge on any atom is 0.243 e. The Balaban J connectivity index is 2.09. The van der Waals surface area contributed by atoms with Gasteiger partial charge in [-0.25, -0.2) is 8.42 Å². The van der Waals surface area contributed by atoms with E-state index in [2.05, 4.69) is 0 Å². The van der Waals surface area contributed by atoms with Gasteiger partial charge in [0.25, 0.3) is 0 Å². The van der Waals surface area contributed by atoms with Crippen molar-refractivity contribution in [3.8, 4) is 0 Å². The molecule has 0 saturated heterocycles. The largest absolute Gasteiger partial charge is 0.393 e. The van der Waals surface area contributed by atoms with Gasteiger partial charge in [0.1, 0.15) is 5.78 Å². The van der Waals surface area contributed by atoms with Crippen LogP contribution in [0.25, 0.3) is 0 Å². The van der Waals surface area contributed by atoms with Gasteiger partial charge in [-0.1, -0.05) is 37.0 Å². The number of hydrogen-bond donors (Lipinski definition) is 1. The van der Waals surface area contributed by atoms with Gasteiger partial charge in [-0.05, 0) is 51.2 Å². The molecule has 0 spiro atoms. The molecule has 1 aromatic carbocycles. The zero-order valence-electron chi connectivity index (χ0n) is 15.1. The van der Waals surface area contributed by atoms with E-state index < -0.39 is 16.1 Å². The zero-order chi connectivity index (χ0) is 18.4. The lowest BCUT2D eigenvalue weighted by Gasteiger charge is -2.28. The lowest BCUT2D eigenvalue weighted by molar-refractivity contribution is -0.117. The number of aliphatic hydroxyl groups is 1. The van der Waals surface area contributed by atoms with Crippen LogP contribution in [0.4, 0.5) is 0 Å². The normalized spacial score (nSPS) is 17.6. The summed E-state index contributed by atoms with van der Waals surface area (Å²) >= 11 is 0. The van der Waals surface area contributed by atoms with Crippen LogP contribution in [0.1, 0.15) is 51.0 Å². The van der Waals surface area contributed by atoms with Gasteiger partial charge in [0, 0.05) is 6.54 Å². The Morgan fingerprint density at radius 3 is 2.36 bits per heavy atom. The topological polar surface area (TPSA) is 74.7 Å². The van der Waals surface area contributed by atoms with E-state index in [1.807, 2.05) is 6.92 Å². The van der Waals surface area contributed by atoms with Crippen LogP contribution < -0.4 is 0 Å². The minimum absolute atomic E-state index is 0.159. The summed E-state index contributed by atoms with van der Waals surface area (Å²) in [6.07, 6.45) is 5.31. The summed E-state index contributed by atoms with van der Waals surface area (Å²) in [7, 11) is -3.74. The molecule has 0 radical (unpaired) electrons. The highest BCUT2D eigenvalue weighted by Crippen LogP contribution is 2.28. The number of aliphatic hydroxyl groups excluding tert-OH is 1. The predicted octanol–water partition coefficient (Wildman–Crippen LogP) is 2.91. The van der Waals surface area contributed by atoms with Gasteiger partial charge in [0.15, 0.2) is 0 Å². The standard InChI is InChI=1S/C19H29NO4S/c1-15-8-10-18(11-9-15)25(23,24)20(14-16(2)21)13-12-19(22)17-6-4-3-5-7-17/h8-11,17,19,22H,3-7,12-14H2,1-2H3. The van der Waals surface area contributed by atoms with Crippen molar-refractivity contribution in [3.63, 3.8) is 0 Å². The van der Waals surface area contributed by atoms with Crippen molar-refractivity contribution in [3.05, 3.63) is 29.8 Å². The van der Waals surface area contributed by atoms with Crippen molar-refractivity contribution in [1.29, 1.82) is 0 Å². The number of carbonyl (C=O) groups excluding carboxylic acids is 1. The maximum atomic E-state index is 12.9. The van der Waals surface area contributed by atoms with Crippen molar-refractivity contribution in [2.24, 2.45) is 5.92 Å². The molecule has 2 rings (SSSR count). The van der Waals surface area contributed by atoms with Crippen LogP contribution in [-0.4, -0.2) is 42.8 Å². The Kier molecular flexibility index (Phi) is 7.16. The highest BCUT2D eigenvalue weighted by molar-refractivity contribution is 7.89. The number of carbonyl (C=O) groups is 1. The van der Waals surface area contributed by atoms with Crippen LogP contribution >= 0.6 is 0 Å². The Morgan fingerprint density at radius 2 is 1.80 bits per heavy atom. The van der Waals surface area contributed by atoms with Crippen LogP contribution in [0.3, 0.4) is 0 Å². The summed E-state index contributed by atoms with van der Waals surface area (Å²) < 4.78 is 26.9. The average molecular weight is 368 g/mol. The van der Waals surface area contributed by atoms with Gasteiger partial charge in [-0.15, -0.1) is 0 Å². The number of benzene rings is 1. The molecule has 1 aromatic rings. The van der Waals surface area contributed by atoms with E-state index >= 15 is 0 Å². The van der Waals surface area contributed by atoms with Crippen LogP contribution in [-0.2, 0) is 14.8 Å². The highest BCUT2D eigenvalue weighted by Gasteiger charge is 2.28. The predicted molar refractivity (Wildman–Crippen MR) is 97.8 cm³/mol. The monoisotopic (exact) mass is 367 g/mol. The summed E-state index contributed by atoms with van der Waals surface area (Å²) in [6, 6.07) is 6.62. The first-order chi connectivity index (χ1) is 11.8. The molecule has 0 amide bonds. The molecule has 6 heteroatoms. The Morgan fingerprint density at radius 1 is 1.20 bits per heavy atom. The Hall–Kier alpha value is -1.24. The SMILES string of the molecule is CC(=O)CN(CCC(O)C1CCCCC1)S(=O)(=O)c1ccc(C)cc1. The van der Waals surface area contributed by atoms with Crippen molar-refractivity contribution in [2.45, 2.75) is 63.4 Å². The second-order valence-corrected chi connectivity index (χ2v) is 9.05. The maximum absolute atomic E-state index is 12.9. The van der Waals surface area contributed by atoms with Crippen LogP contribution in [0.15, 0.2) is 29.2 Å². The fourth-order valence-electron chi connectivity index (χ4n) is 3.42. The number of aryl methyl sites for hydroxylation is 1. The lowest BCUT2D eigenvalue weighted by Crippen LogP contribution is -2.38. The molecule has 1 fully saturated rings. The van der Waals surface area contributed by atoms with Gasteiger partial charge < -0.3 is 5.11 Å². The third-order valence-corrected chi connectivity index (χ3v) is 6.79. The second kappa shape index (κ2) is 8.92. The van der Waals surface area contributed by atoms with Crippen LogP contribution in [0.2, 0.25) is 0 Å². The molecule has 1 aliphatic carbocycles. The van der Waals surface area contributed by atoms with E-state index in [1.54, 1.807) is 24.3 Å². The fourth-order valence-corrected chi connectivity index (χ4v) is 4.90.